The SMILES string of the molecule is Cc1ccc(C(=O)NCC2CCCCN2C)cc1N. The van der Waals surface area contributed by atoms with E-state index in [1.165, 1.54) is 12.8 Å². The second kappa shape index (κ2) is 6.06. The monoisotopic (exact) mass is 261 g/mol. The molecule has 1 amide bonds. The van der Waals surface area contributed by atoms with Crippen LogP contribution in [-0.2, 0) is 0 Å². The van der Waals surface area contributed by atoms with Gasteiger partial charge in [0.05, 0.1) is 0 Å². The van der Waals surface area contributed by atoms with Crippen LogP contribution >= 0.6 is 0 Å². The average molecular weight is 261 g/mol. The smallest absolute Gasteiger partial charge is 0.251 e. The van der Waals surface area contributed by atoms with Crippen LogP contribution in [0.5, 0.6) is 0 Å². The summed E-state index contributed by atoms with van der Waals surface area (Å²) in [4.78, 5) is 14.4. The van der Waals surface area contributed by atoms with E-state index in [1.54, 1.807) is 6.07 Å². The first-order valence-electron chi connectivity index (χ1n) is 6.92. The summed E-state index contributed by atoms with van der Waals surface area (Å²) in [7, 11) is 2.12. The molecule has 104 valence electrons. The Labute approximate surface area is 115 Å². The van der Waals surface area contributed by atoms with E-state index >= 15 is 0 Å². The molecule has 3 N–H and O–H groups in total. The zero-order valence-electron chi connectivity index (χ0n) is 11.8. The van der Waals surface area contributed by atoms with Gasteiger partial charge in [-0.3, -0.25) is 4.79 Å². The Hall–Kier alpha value is -1.55. The van der Waals surface area contributed by atoms with Crippen molar-refractivity contribution in [3.8, 4) is 0 Å². The number of nitrogens with zero attached hydrogens (tertiary/aromatic N) is 1. The molecule has 1 saturated heterocycles. The maximum Gasteiger partial charge on any atom is 0.251 e. The van der Waals surface area contributed by atoms with E-state index in [0.29, 0.717) is 23.8 Å². The molecule has 0 spiro atoms. The van der Waals surface area contributed by atoms with Gasteiger partial charge in [-0.1, -0.05) is 12.5 Å². The number of likely N-dealkylation sites (N-methyl/N-ethyl adjacent to an activating group) is 1. The largest absolute Gasteiger partial charge is 0.398 e. The van der Waals surface area contributed by atoms with Gasteiger partial charge in [0, 0.05) is 23.8 Å². The quantitative estimate of drug-likeness (QED) is 0.816. The van der Waals surface area contributed by atoms with Crippen molar-refractivity contribution in [2.75, 3.05) is 25.9 Å². The Balaban J connectivity index is 1.91. The van der Waals surface area contributed by atoms with Crippen molar-refractivity contribution in [1.82, 2.24) is 10.2 Å². The van der Waals surface area contributed by atoms with E-state index in [2.05, 4.69) is 17.3 Å². The molecular formula is C15H23N3O. The van der Waals surface area contributed by atoms with Crippen molar-refractivity contribution < 1.29 is 4.79 Å². The van der Waals surface area contributed by atoms with E-state index in [-0.39, 0.29) is 5.91 Å². The number of benzene rings is 1. The number of amides is 1. The van der Waals surface area contributed by atoms with E-state index in [9.17, 15) is 4.79 Å². The molecule has 1 atom stereocenters. The van der Waals surface area contributed by atoms with Gasteiger partial charge in [-0.15, -0.1) is 0 Å². The summed E-state index contributed by atoms with van der Waals surface area (Å²) in [6, 6.07) is 5.91. The summed E-state index contributed by atoms with van der Waals surface area (Å²) in [5.41, 5.74) is 8.14. The van der Waals surface area contributed by atoms with Gasteiger partial charge in [0.2, 0.25) is 0 Å². The maximum absolute atomic E-state index is 12.1. The molecule has 1 aromatic rings. The summed E-state index contributed by atoms with van der Waals surface area (Å²) in [5.74, 6) is -0.0364. The molecule has 4 nitrogen and oxygen atoms in total. The minimum absolute atomic E-state index is 0.0364. The first-order chi connectivity index (χ1) is 9.08. The van der Waals surface area contributed by atoms with Crippen LogP contribution in [0.15, 0.2) is 18.2 Å². The number of aryl methyl sites for hydroxylation is 1. The van der Waals surface area contributed by atoms with Crippen LogP contribution < -0.4 is 11.1 Å². The van der Waals surface area contributed by atoms with Crippen molar-refractivity contribution >= 4 is 11.6 Å². The summed E-state index contributed by atoms with van der Waals surface area (Å²) < 4.78 is 0. The number of carbonyl (C=O) groups is 1. The lowest BCUT2D eigenvalue weighted by Gasteiger charge is -2.32. The summed E-state index contributed by atoms with van der Waals surface area (Å²) in [6.45, 7) is 3.77. The Morgan fingerprint density at radius 2 is 2.26 bits per heavy atom. The van der Waals surface area contributed by atoms with E-state index in [1.807, 2.05) is 19.1 Å². The van der Waals surface area contributed by atoms with Crippen LogP contribution in [0.3, 0.4) is 0 Å². The van der Waals surface area contributed by atoms with Gasteiger partial charge >= 0.3 is 0 Å². The molecule has 0 aliphatic carbocycles. The number of rotatable bonds is 3. The molecule has 0 aromatic heterocycles. The lowest BCUT2D eigenvalue weighted by atomic mass is 10.0. The van der Waals surface area contributed by atoms with Gasteiger partial charge in [-0.2, -0.15) is 0 Å². The molecule has 0 radical (unpaired) electrons. The van der Waals surface area contributed by atoms with Crippen molar-refractivity contribution in [1.29, 1.82) is 0 Å². The highest BCUT2D eigenvalue weighted by molar-refractivity contribution is 5.95. The van der Waals surface area contributed by atoms with Gasteiger partial charge in [0.25, 0.3) is 5.91 Å². The van der Waals surface area contributed by atoms with E-state index < -0.39 is 0 Å². The summed E-state index contributed by atoms with van der Waals surface area (Å²) in [5, 5.41) is 3.01. The molecule has 1 fully saturated rings. The third kappa shape index (κ3) is 3.47. The van der Waals surface area contributed by atoms with E-state index in [0.717, 1.165) is 18.5 Å². The minimum atomic E-state index is -0.0364. The van der Waals surface area contributed by atoms with Gasteiger partial charge in [-0.05, 0) is 51.1 Å². The number of anilines is 1. The molecule has 2 rings (SSSR count). The fraction of sp³-hybridized carbons (Fsp3) is 0.533. The summed E-state index contributed by atoms with van der Waals surface area (Å²) >= 11 is 0. The third-order valence-corrected chi connectivity index (χ3v) is 3.96. The molecule has 1 aromatic carbocycles. The third-order valence-electron chi connectivity index (χ3n) is 3.96. The normalized spacial score (nSPS) is 20.2. The molecule has 1 aliphatic heterocycles. The number of nitrogens with one attached hydrogen (secondary N) is 1. The lowest BCUT2D eigenvalue weighted by Crippen LogP contribution is -2.44. The number of piperidine rings is 1. The number of likely N-dealkylation sites (tertiary alicyclic amines) is 1. The molecule has 0 saturated carbocycles. The second-order valence-electron chi connectivity index (χ2n) is 5.41. The van der Waals surface area contributed by atoms with Crippen LogP contribution in [0.2, 0.25) is 0 Å². The summed E-state index contributed by atoms with van der Waals surface area (Å²) in [6.07, 6.45) is 3.67. The fourth-order valence-corrected chi connectivity index (χ4v) is 2.50. The van der Waals surface area contributed by atoms with Gasteiger partial charge in [0.1, 0.15) is 0 Å². The number of hydrogen-bond acceptors (Lipinski definition) is 3. The number of carbonyl (C=O) groups excluding carboxylic acids is 1. The van der Waals surface area contributed by atoms with E-state index in [4.69, 9.17) is 5.73 Å². The van der Waals surface area contributed by atoms with Crippen LogP contribution in [0.1, 0.15) is 35.2 Å². The van der Waals surface area contributed by atoms with Crippen molar-refractivity contribution in [3.63, 3.8) is 0 Å². The Bertz CT molecular complexity index is 459. The van der Waals surface area contributed by atoms with Crippen molar-refractivity contribution in [2.45, 2.75) is 32.2 Å². The first-order valence-corrected chi connectivity index (χ1v) is 6.92. The Kier molecular flexibility index (Phi) is 4.43. The average Bonchev–Trinajstić information content (AvgIpc) is 2.40. The number of hydrogen-bond donors (Lipinski definition) is 2. The highest BCUT2D eigenvalue weighted by atomic mass is 16.1. The Morgan fingerprint density at radius 1 is 1.47 bits per heavy atom. The van der Waals surface area contributed by atoms with Gasteiger partial charge in [-0.25, -0.2) is 0 Å². The predicted octanol–water partition coefficient (Wildman–Crippen LogP) is 1.79. The predicted molar refractivity (Wildman–Crippen MR) is 78.2 cm³/mol. The van der Waals surface area contributed by atoms with Crippen molar-refractivity contribution in [2.24, 2.45) is 0 Å². The highest BCUT2D eigenvalue weighted by Crippen LogP contribution is 2.15. The van der Waals surface area contributed by atoms with Crippen molar-refractivity contribution in [3.05, 3.63) is 29.3 Å². The first kappa shape index (κ1) is 13.9. The molecule has 0 bridgehead atoms. The maximum atomic E-state index is 12.1. The lowest BCUT2D eigenvalue weighted by molar-refractivity contribution is 0.0928. The topological polar surface area (TPSA) is 58.4 Å². The molecule has 4 heteroatoms. The second-order valence-corrected chi connectivity index (χ2v) is 5.41. The molecule has 1 aliphatic rings. The molecular weight excluding hydrogens is 238 g/mol. The minimum Gasteiger partial charge on any atom is -0.398 e. The number of nitrogen functional groups attached to an aromatic ring is 1. The van der Waals surface area contributed by atoms with Crippen LogP contribution in [0.4, 0.5) is 5.69 Å². The van der Waals surface area contributed by atoms with Crippen LogP contribution in [0.25, 0.3) is 0 Å². The number of nitrogens with two attached hydrogens (primary N) is 1. The zero-order valence-corrected chi connectivity index (χ0v) is 11.8. The Morgan fingerprint density at radius 3 is 2.95 bits per heavy atom. The van der Waals surface area contributed by atoms with Gasteiger partial charge in [0.15, 0.2) is 0 Å². The van der Waals surface area contributed by atoms with Crippen LogP contribution in [-0.4, -0.2) is 37.0 Å². The fourth-order valence-electron chi connectivity index (χ4n) is 2.50. The molecule has 1 unspecified atom stereocenters. The standard InChI is InChI=1S/C15H23N3O/c1-11-6-7-12(9-14(11)16)15(19)17-10-13-5-3-4-8-18(13)2/h6-7,9,13H,3-5,8,10,16H2,1-2H3,(H,17,19). The molecule has 19 heavy (non-hydrogen) atoms. The molecule has 1 heterocycles. The zero-order chi connectivity index (χ0) is 13.8. The van der Waals surface area contributed by atoms with Gasteiger partial charge < -0.3 is 16.0 Å². The van der Waals surface area contributed by atoms with Crippen LogP contribution in [0, 0.1) is 6.92 Å². The highest BCUT2D eigenvalue weighted by Gasteiger charge is 2.19.